The zero-order chi connectivity index (χ0) is 15.7. The molecule has 1 spiro atoms. The Bertz CT molecular complexity index is 613. The van der Waals surface area contributed by atoms with Gasteiger partial charge < -0.3 is 14.4 Å². The summed E-state index contributed by atoms with van der Waals surface area (Å²) in [6, 6.07) is 5.29. The number of rotatable bonds is 3. The quantitative estimate of drug-likeness (QED) is 0.860. The number of benzene rings is 1. The number of Topliss-reactive ketones (excluding diaryl/α,β-unsaturated/α-hetero) is 1. The van der Waals surface area contributed by atoms with E-state index in [0.29, 0.717) is 49.4 Å². The molecular formula is C17H21NO4. The second-order valence-electron chi connectivity index (χ2n) is 6.06. The van der Waals surface area contributed by atoms with Crippen LogP contribution in [0.25, 0.3) is 0 Å². The van der Waals surface area contributed by atoms with E-state index in [1.54, 1.807) is 25.3 Å². The van der Waals surface area contributed by atoms with E-state index in [0.717, 1.165) is 6.42 Å². The van der Waals surface area contributed by atoms with E-state index >= 15 is 0 Å². The maximum atomic E-state index is 12.5. The number of nitrogens with zero attached hydrogens (tertiary/aromatic N) is 1. The van der Waals surface area contributed by atoms with E-state index in [1.807, 2.05) is 11.8 Å². The van der Waals surface area contributed by atoms with Crippen LogP contribution in [0.4, 0.5) is 0 Å². The smallest absolute Gasteiger partial charge is 0.222 e. The molecule has 0 bridgehead atoms. The van der Waals surface area contributed by atoms with Crippen LogP contribution in [-0.4, -0.2) is 42.4 Å². The van der Waals surface area contributed by atoms with Gasteiger partial charge in [-0.15, -0.1) is 0 Å². The Labute approximate surface area is 130 Å². The third kappa shape index (κ3) is 2.56. The summed E-state index contributed by atoms with van der Waals surface area (Å²) in [5.74, 6) is 1.46. The molecule has 1 amide bonds. The average Bonchev–Trinajstić information content (AvgIpc) is 2.91. The maximum Gasteiger partial charge on any atom is 0.222 e. The summed E-state index contributed by atoms with van der Waals surface area (Å²) in [5, 5.41) is 0. The molecule has 1 fully saturated rings. The van der Waals surface area contributed by atoms with E-state index in [-0.39, 0.29) is 11.7 Å². The Morgan fingerprint density at radius 2 is 2.27 bits per heavy atom. The van der Waals surface area contributed by atoms with Gasteiger partial charge in [0.1, 0.15) is 17.1 Å². The third-order valence-corrected chi connectivity index (χ3v) is 4.43. The van der Waals surface area contributed by atoms with Crippen LogP contribution in [0.5, 0.6) is 11.5 Å². The standard InChI is InChI=1S/C17H21NO4/c1-3-4-16(20)18-8-7-17(11-18)10-14(19)13-9-12(21-2)5-6-15(13)22-17/h5-6,9H,3-4,7-8,10-11H2,1-2H3. The summed E-state index contributed by atoms with van der Waals surface area (Å²) in [7, 11) is 1.57. The van der Waals surface area contributed by atoms with Gasteiger partial charge in [-0.25, -0.2) is 0 Å². The Morgan fingerprint density at radius 3 is 3.00 bits per heavy atom. The highest BCUT2D eigenvalue weighted by molar-refractivity contribution is 6.00. The molecule has 2 aliphatic heterocycles. The maximum absolute atomic E-state index is 12.5. The van der Waals surface area contributed by atoms with Crippen LogP contribution in [0, 0.1) is 0 Å². The highest BCUT2D eigenvalue weighted by atomic mass is 16.5. The molecule has 1 aromatic carbocycles. The Hall–Kier alpha value is -2.04. The van der Waals surface area contributed by atoms with E-state index < -0.39 is 5.60 Å². The molecular weight excluding hydrogens is 282 g/mol. The first-order valence-corrected chi connectivity index (χ1v) is 7.75. The van der Waals surface area contributed by atoms with Crippen molar-refractivity contribution in [3.8, 4) is 11.5 Å². The van der Waals surface area contributed by atoms with Crippen molar-refractivity contribution >= 4 is 11.7 Å². The van der Waals surface area contributed by atoms with E-state index in [1.165, 1.54) is 0 Å². The van der Waals surface area contributed by atoms with Crippen LogP contribution >= 0.6 is 0 Å². The summed E-state index contributed by atoms with van der Waals surface area (Å²) in [4.78, 5) is 26.4. The molecule has 2 heterocycles. The van der Waals surface area contributed by atoms with Crippen molar-refractivity contribution in [2.75, 3.05) is 20.2 Å². The molecule has 1 saturated heterocycles. The second kappa shape index (κ2) is 5.63. The van der Waals surface area contributed by atoms with Gasteiger partial charge in [0.05, 0.1) is 25.6 Å². The molecule has 5 heteroatoms. The molecule has 1 atom stereocenters. The molecule has 1 unspecified atom stereocenters. The van der Waals surface area contributed by atoms with Crippen molar-refractivity contribution in [1.29, 1.82) is 0 Å². The number of ether oxygens (including phenoxy) is 2. The summed E-state index contributed by atoms with van der Waals surface area (Å²) in [5.41, 5.74) is 0.0190. The molecule has 0 saturated carbocycles. The van der Waals surface area contributed by atoms with Crippen molar-refractivity contribution in [3.05, 3.63) is 23.8 Å². The highest BCUT2D eigenvalue weighted by Gasteiger charge is 2.46. The lowest BCUT2D eigenvalue weighted by Crippen LogP contribution is -2.45. The van der Waals surface area contributed by atoms with Gasteiger partial charge in [-0.1, -0.05) is 6.92 Å². The van der Waals surface area contributed by atoms with Gasteiger partial charge >= 0.3 is 0 Å². The second-order valence-corrected chi connectivity index (χ2v) is 6.06. The van der Waals surface area contributed by atoms with Crippen LogP contribution in [0.2, 0.25) is 0 Å². The van der Waals surface area contributed by atoms with Crippen LogP contribution in [0.15, 0.2) is 18.2 Å². The molecule has 3 rings (SSSR count). The first-order chi connectivity index (χ1) is 10.6. The lowest BCUT2D eigenvalue weighted by molar-refractivity contribution is -0.131. The monoisotopic (exact) mass is 303 g/mol. The fraction of sp³-hybridized carbons (Fsp3) is 0.529. The molecule has 2 aliphatic rings. The molecule has 0 N–H and O–H groups in total. The van der Waals surface area contributed by atoms with Crippen molar-refractivity contribution in [2.24, 2.45) is 0 Å². The molecule has 0 aromatic heterocycles. The summed E-state index contributed by atoms with van der Waals surface area (Å²) < 4.78 is 11.3. The zero-order valence-electron chi connectivity index (χ0n) is 13.1. The van der Waals surface area contributed by atoms with E-state index in [2.05, 4.69) is 0 Å². The topological polar surface area (TPSA) is 55.8 Å². The van der Waals surface area contributed by atoms with Gasteiger partial charge in [-0.2, -0.15) is 0 Å². The first kappa shape index (κ1) is 14.9. The summed E-state index contributed by atoms with van der Waals surface area (Å²) >= 11 is 0. The third-order valence-electron chi connectivity index (χ3n) is 4.43. The van der Waals surface area contributed by atoms with Crippen LogP contribution in [0.3, 0.4) is 0 Å². The summed E-state index contributed by atoms with van der Waals surface area (Å²) in [6.45, 7) is 3.16. The van der Waals surface area contributed by atoms with Crippen molar-refractivity contribution in [1.82, 2.24) is 4.90 Å². The predicted molar refractivity (Wildman–Crippen MR) is 81.4 cm³/mol. The normalized spacial score (nSPS) is 23.4. The van der Waals surface area contributed by atoms with Gasteiger partial charge in [-0.3, -0.25) is 9.59 Å². The minimum absolute atomic E-state index is 0.0601. The van der Waals surface area contributed by atoms with Gasteiger partial charge in [0.25, 0.3) is 0 Å². The van der Waals surface area contributed by atoms with Gasteiger partial charge in [0, 0.05) is 19.4 Å². The van der Waals surface area contributed by atoms with Gasteiger partial charge in [-0.05, 0) is 24.6 Å². The predicted octanol–water partition coefficient (Wildman–Crippen LogP) is 2.43. The van der Waals surface area contributed by atoms with Gasteiger partial charge in [0.2, 0.25) is 5.91 Å². The van der Waals surface area contributed by atoms with Crippen LogP contribution in [-0.2, 0) is 4.79 Å². The SMILES string of the molecule is CCCC(=O)N1CCC2(CC(=O)c3cc(OC)ccc3O2)C1. The Morgan fingerprint density at radius 1 is 1.45 bits per heavy atom. The Balaban J connectivity index is 1.81. The highest BCUT2D eigenvalue weighted by Crippen LogP contribution is 2.40. The number of amides is 1. The minimum Gasteiger partial charge on any atom is -0.497 e. The molecule has 0 aliphatic carbocycles. The van der Waals surface area contributed by atoms with E-state index in [9.17, 15) is 9.59 Å². The largest absolute Gasteiger partial charge is 0.497 e. The fourth-order valence-electron chi connectivity index (χ4n) is 3.26. The molecule has 118 valence electrons. The molecule has 0 radical (unpaired) electrons. The van der Waals surface area contributed by atoms with Crippen molar-refractivity contribution in [2.45, 2.75) is 38.2 Å². The van der Waals surface area contributed by atoms with Crippen molar-refractivity contribution < 1.29 is 19.1 Å². The average molecular weight is 303 g/mol. The Kier molecular flexibility index (Phi) is 3.81. The number of hydrogen-bond donors (Lipinski definition) is 0. The van der Waals surface area contributed by atoms with Gasteiger partial charge in [0.15, 0.2) is 5.78 Å². The van der Waals surface area contributed by atoms with Crippen LogP contribution < -0.4 is 9.47 Å². The number of carbonyl (C=O) groups excluding carboxylic acids is 2. The lowest BCUT2D eigenvalue weighted by atomic mass is 9.89. The summed E-state index contributed by atoms with van der Waals surface area (Å²) in [6.07, 6.45) is 2.42. The molecule has 22 heavy (non-hydrogen) atoms. The minimum atomic E-state index is -0.553. The lowest BCUT2D eigenvalue weighted by Gasteiger charge is -2.34. The molecule has 1 aromatic rings. The van der Waals surface area contributed by atoms with Crippen LogP contribution in [0.1, 0.15) is 43.0 Å². The molecule has 5 nitrogen and oxygen atoms in total. The van der Waals surface area contributed by atoms with Crippen molar-refractivity contribution in [3.63, 3.8) is 0 Å². The number of carbonyl (C=O) groups is 2. The number of fused-ring (bicyclic) bond motifs is 1. The number of likely N-dealkylation sites (tertiary alicyclic amines) is 1. The number of ketones is 1. The number of hydrogen-bond acceptors (Lipinski definition) is 4. The van der Waals surface area contributed by atoms with E-state index in [4.69, 9.17) is 9.47 Å². The fourth-order valence-corrected chi connectivity index (χ4v) is 3.26. The first-order valence-electron chi connectivity index (χ1n) is 7.75. The zero-order valence-corrected chi connectivity index (χ0v) is 13.1. The number of methoxy groups -OCH3 is 1.